The Labute approximate surface area is 84.7 Å². The number of nitrogens with zero attached hydrogens (tertiary/aromatic N) is 3. The van der Waals surface area contributed by atoms with E-state index in [1.54, 1.807) is 12.1 Å². The Morgan fingerprint density at radius 2 is 2.20 bits per heavy atom. The van der Waals surface area contributed by atoms with Crippen molar-refractivity contribution >= 4 is 16.5 Å². The average molecular weight is 205 g/mol. The maximum absolute atomic E-state index is 10.7. The van der Waals surface area contributed by atoms with Crippen LogP contribution in [0.3, 0.4) is 0 Å². The van der Waals surface area contributed by atoms with Gasteiger partial charge in [-0.3, -0.25) is 10.1 Å². The number of benzene rings is 1. The third kappa shape index (κ3) is 1.45. The molecule has 0 spiro atoms. The van der Waals surface area contributed by atoms with Gasteiger partial charge in [-0.25, -0.2) is 0 Å². The summed E-state index contributed by atoms with van der Waals surface area (Å²) >= 11 is 0. The molecule has 0 amide bonds. The number of aromatic nitrogens is 2. The second-order valence-corrected chi connectivity index (χ2v) is 2.85. The van der Waals surface area contributed by atoms with Gasteiger partial charge in [0.1, 0.15) is 0 Å². The number of nitro groups is 1. The minimum absolute atomic E-state index is 0.000648. The number of hydrogen-bond acceptors (Lipinski definition) is 5. The van der Waals surface area contributed by atoms with Gasteiger partial charge in [0.05, 0.1) is 29.0 Å². The summed E-state index contributed by atoms with van der Waals surface area (Å²) in [4.78, 5) is 10.3. The molecule has 6 heteroatoms. The average Bonchev–Trinajstić information content (AvgIpc) is 2.27. The molecule has 0 fully saturated rings. The highest BCUT2D eigenvalue weighted by atomic mass is 16.6. The fourth-order valence-corrected chi connectivity index (χ4v) is 1.38. The summed E-state index contributed by atoms with van der Waals surface area (Å²) in [6, 6.07) is 4.71. The van der Waals surface area contributed by atoms with Crippen LogP contribution in [0.2, 0.25) is 0 Å². The lowest BCUT2D eigenvalue weighted by atomic mass is 10.1. The van der Waals surface area contributed by atoms with Crippen molar-refractivity contribution in [2.24, 2.45) is 0 Å². The third-order valence-electron chi connectivity index (χ3n) is 2.04. The van der Waals surface area contributed by atoms with Crippen LogP contribution in [0.4, 0.5) is 5.69 Å². The maximum atomic E-state index is 10.7. The minimum atomic E-state index is -0.455. The minimum Gasteiger partial charge on any atom is -0.479 e. The van der Waals surface area contributed by atoms with Crippen LogP contribution in [0.1, 0.15) is 0 Å². The van der Waals surface area contributed by atoms with Gasteiger partial charge < -0.3 is 4.74 Å². The maximum Gasteiger partial charge on any atom is 0.279 e. The van der Waals surface area contributed by atoms with Gasteiger partial charge in [-0.2, -0.15) is 5.10 Å². The summed E-state index contributed by atoms with van der Waals surface area (Å²) in [6.45, 7) is 0. The second kappa shape index (κ2) is 3.49. The zero-order chi connectivity index (χ0) is 10.8. The Hall–Kier alpha value is -2.24. The molecule has 0 unspecified atom stereocenters. The number of methoxy groups -OCH3 is 1. The Kier molecular flexibility index (Phi) is 2.17. The van der Waals surface area contributed by atoms with E-state index in [0.29, 0.717) is 10.8 Å². The number of fused-ring (bicyclic) bond motifs is 1. The molecule has 1 aromatic carbocycles. The van der Waals surface area contributed by atoms with Gasteiger partial charge in [0.2, 0.25) is 5.88 Å². The molecule has 0 aliphatic carbocycles. The van der Waals surface area contributed by atoms with E-state index in [0.717, 1.165) is 0 Å². The van der Waals surface area contributed by atoms with Gasteiger partial charge in [0, 0.05) is 6.07 Å². The van der Waals surface area contributed by atoms with Crippen molar-refractivity contribution in [3.05, 3.63) is 34.5 Å². The first-order valence-corrected chi connectivity index (χ1v) is 4.17. The van der Waals surface area contributed by atoms with Gasteiger partial charge in [-0.15, -0.1) is 5.10 Å². The summed E-state index contributed by atoms with van der Waals surface area (Å²) < 4.78 is 4.97. The molecule has 0 saturated heterocycles. The number of rotatable bonds is 2. The highest BCUT2D eigenvalue weighted by molar-refractivity contribution is 5.93. The fraction of sp³-hybridized carbons (Fsp3) is 0.111. The van der Waals surface area contributed by atoms with Crippen LogP contribution >= 0.6 is 0 Å². The van der Waals surface area contributed by atoms with Crippen LogP contribution in [0.25, 0.3) is 10.8 Å². The van der Waals surface area contributed by atoms with Crippen molar-refractivity contribution < 1.29 is 9.66 Å². The number of hydrogen-bond donors (Lipinski definition) is 0. The van der Waals surface area contributed by atoms with Gasteiger partial charge in [-0.05, 0) is 6.07 Å². The van der Waals surface area contributed by atoms with Crippen molar-refractivity contribution in [1.29, 1.82) is 0 Å². The monoisotopic (exact) mass is 205 g/mol. The predicted octanol–water partition coefficient (Wildman–Crippen LogP) is 1.55. The lowest BCUT2D eigenvalue weighted by Crippen LogP contribution is -1.94. The lowest BCUT2D eigenvalue weighted by Gasteiger charge is -2.02. The topological polar surface area (TPSA) is 78.2 Å². The molecular formula is C9H7N3O3. The summed E-state index contributed by atoms with van der Waals surface area (Å²) in [7, 11) is 1.45. The smallest absolute Gasteiger partial charge is 0.279 e. The zero-order valence-corrected chi connectivity index (χ0v) is 7.88. The first kappa shape index (κ1) is 9.32. The first-order valence-electron chi connectivity index (χ1n) is 4.17. The Morgan fingerprint density at radius 3 is 2.87 bits per heavy atom. The molecule has 2 aromatic rings. The van der Waals surface area contributed by atoms with Crippen LogP contribution in [-0.2, 0) is 0 Å². The van der Waals surface area contributed by atoms with Crippen molar-refractivity contribution in [3.8, 4) is 5.88 Å². The van der Waals surface area contributed by atoms with Gasteiger partial charge in [0.15, 0.2) is 0 Å². The summed E-state index contributed by atoms with van der Waals surface area (Å²) in [5.74, 6) is 0.288. The zero-order valence-electron chi connectivity index (χ0n) is 7.88. The Balaban J connectivity index is 2.82. The van der Waals surface area contributed by atoms with E-state index in [2.05, 4.69) is 10.2 Å². The Bertz CT molecular complexity index is 527. The third-order valence-corrected chi connectivity index (χ3v) is 2.04. The lowest BCUT2D eigenvalue weighted by molar-refractivity contribution is -0.383. The first-order chi connectivity index (χ1) is 7.24. The Morgan fingerprint density at radius 1 is 1.40 bits per heavy atom. The molecule has 0 aliphatic rings. The van der Waals surface area contributed by atoms with E-state index < -0.39 is 4.92 Å². The van der Waals surface area contributed by atoms with Crippen LogP contribution in [0, 0.1) is 10.1 Å². The summed E-state index contributed by atoms with van der Waals surface area (Å²) in [5, 5.41) is 19.1. The standard InChI is InChI=1S/C9H7N3O3/c1-15-9-6-3-2-4-8(12(13)14)7(6)5-10-11-9/h2-5H,1H3. The highest BCUT2D eigenvalue weighted by Gasteiger charge is 2.14. The summed E-state index contributed by atoms with van der Waals surface area (Å²) in [5.41, 5.74) is 0.000648. The quantitative estimate of drug-likeness (QED) is 0.549. The SMILES string of the molecule is COc1nncc2c([N+](=O)[O-])cccc12. The van der Waals surface area contributed by atoms with Gasteiger partial charge in [0.25, 0.3) is 5.69 Å². The van der Waals surface area contributed by atoms with E-state index in [-0.39, 0.29) is 11.6 Å². The molecule has 0 atom stereocenters. The molecule has 0 aliphatic heterocycles. The fourth-order valence-electron chi connectivity index (χ4n) is 1.38. The molecule has 0 radical (unpaired) electrons. The van der Waals surface area contributed by atoms with Crippen molar-refractivity contribution in [3.63, 3.8) is 0 Å². The van der Waals surface area contributed by atoms with E-state index in [4.69, 9.17) is 4.74 Å². The molecule has 2 rings (SSSR count). The molecule has 0 N–H and O–H groups in total. The second-order valence-electron chi connectivity index (χ2n) is 2.85. The van der Waals surface area contributed by atoms with Crippen LogP contribution in [-0.4, -0.2) is 22.2 Å². The molecule has 15 heavy (non-hydrogen) atoms. The molecule has 0 saturated carbocycles. The van der Waals surface area contributed by atoms with Crippen LogP contribution < -0.4 is 4.74 Å². The number of nitro benzene ring substituents is 1. The largest absolute Gasteiger partial charge is 0.479 e. The van der Waals surface area contributed by atoms with Gasteiger partial charge >= 0.3 is 0 Å². The number of ether oxygens (including phenoxy) is 1. The molecule has 6 nitrogen and oxygen atoms in total. The molecule has 0 bridgehead atoms. The molecule has 76 valence electrons. The van der Waals surface area contributed by atoms with E-state index in [1.807, 2.05) is 0 Å². The molecular weight excluding hydrogens is 198 g/mol. The highest BCUT2D eigenvalue weighted by Crippen LogP contribution is 2.28. The van der Waals surface area contributed by atoms with Crippen molar-refractivity contribution in [1.82, 2.24) is 10.2 Å². The van der Waals surface area contributed by atoms with E-state index in [9.17, 15) is 10.1 Å². The predicted molar refractivity (Wildman–Crippen MR) is 52.7 cm³/mol. The van der Waals surface area contributed by atoms with E-state index >= 15 is 0 Å². The van der Waals surface area contributed by atoms with Crippen LogP contribution in [0.5, 0.6) is 5.88 Å². The van der Waals surface area contributed by atoms with Gasteiger partial charge in [-0.1, -0.05) is 6.07 Å². The molecule has 1 heterocycles. The van der Waals surface area contributed by atoms with Crippen molar-refractivity contribution in [2.75, 3.05) is 7.11 Å². The van der Waals surface area contributed by atoms with Crippen molar-refractivity contribution in [2.45, 2.75) is 0 Å². The molecule has 1 aromatic heterocycles. The van der Waals surface area contributed by atoms with E-state index in [1.165, 1.54) is 19.4 Å². The van der Waals surface area contributed by atoms with Crippen LogP contribution in [0.15, 0.2) is 24.4 Å². The number of non-ortho nitro benzene ring substituents is 1. The summed E-state index contributed by atoms with van der Waals surface area (Å²) in [6.07, 6.45) is 1.36. The normalized spacial score (nSPS) is 10.2.